The summed E-state index contributed by atoms with van der Waals surface area (Å²) in [5.41, 5.74) is 11.4. The van der Waals surface area contributed by atoms with Gasteiger partial charge in [-0.25, -0.2) is 0 Å². The molecule has 3 rings (SSSR count). The average Bonchev–Trinajstić information content (AvgIpc) is 2.64. The molecule has 0 bridgehead atoms. The Kier molecular flexibility index (Phi) is 5.06. The summed E-state index contributed by atoms with van der Waals surface area (Å²) in [6.07, 6.45) is 0. The fourth-order valence-electron chi connectivity index (χ4n) is 3.83. The molecule has 1 atom stereocenters. The largest absolute Gasteiger partial charge is 0.327 e. The molecule has 0 saturated heterocycles. The Labute approximate surface area is 151 Å². The number of hydrogen-bond donors (Lipinski definition) is 1. The molecule has 25 heavy (non-hydrogen) atoms. The number of benzene rings is 3. The summed E-state index contributed by atoms with van der Waals surface area (Å²) in [6, 6.07) is 30.1. The molecule has 0 radical (unpaired) electrons. The average molecular weight is 329 g/mol. The van der Waals surface area contributed by atoms with Crippen LogP contribution < -0.4 is 5.73 Å². The molecule has 0 amide bonds. The van der Waals surface area contributed by atoms with Crippen LogP contribution >= 0.6 is 0 Å². The van der Waals surface area contributed by atoms with E-state index in [9.17, 15) is 0 Å². The van der Waals surface area contributed by atoms with Crippen molar-refractivity contribution >= 4 is 0 Å². The normalized spacial score (nSPS) is 13.0. The maximum absolute atomic E-state index is 6.69. The molecule has 0 saturated carbocycles. The third-order valence-corrected chi connectivity index (χ3v) is 5.15. The van der Waals surface area contributed by atoms with Gasteiger partial charge in [-0.2, -0.15) is 0 Å². The second-order valence-electron chi connectivity index (χ2n) is 7.11. The van der Waals surface area contributed by atoms with Crippen LogP contribution in [0.5, 0.6) is 0 Å². The van der Waals surface area contributed by atoms with Gasteiger partial charge in [0.25, 0.3) is 0 Å². The van der Waals surface area contributed by atoms with Crippen LogP contribution in [-0.2, 0) is 5.41 Å². The highest BCUT2D eigenvalue weighted by Gasteiger charge is 2.40. The molecule has 0 aliphatic carbocycles. The van der Waals surface area contributed by atoms with Crippen LogP contribution in [0.4, 0.5) is 0 Å². The lowest BCUT2D eigenvalue weighted by atomic mass is 9.65. The maximum Gasteiger partial charge on any atom is 0.0599 e. The predicted octanol–water partition coefficient (Wildman–Crippen LogP) is 5.49. The summed E-state index contributed by atoms with van der Waals surface area (Å²) < 4.78 is 0. The molecule has 0 spiro atoms. The van der Waals surface area contributed by atoms with Crippen LogP contribution in [-0.4, -0.2) is 6.04 Å². The summed E-state index contributed by atoms with van der Waals surface area (Å²) in [4.78, 5) is 0. The monoisotopic (exact) mass is 329 g/mol. The minimum absolute atomic E-state index is 0.0697. The zero-order valence-corrected chi connectivity index (χ0v) is 15.3. The number of rotatable bonds is 5. The van der Waals surface area contributed by atoms with Crippen molar-refractivity contribution in [1.82, 2.24) is 0 Å². The highest BCUT2D eigenvalue weighted by molar-refractivity contribution is 5.53. The lowest BCUT2D eigenvalue weighted by Gasteiger charge is -2.40. The third kappa shape index (κ3) is 3.12. The fraction of sp³-hybridized carbons (Fsp3) is 0.250. The first-order valence-electron chi connectivity index (χ1n) is 9.04. The topological polar surface area (TPSA) is 26.0 Å². The smallest absolute Gasteiger partial charge is 0.0599 e. The van der Waals surface area contributed by atoms with Crippen molar-refractivity contribution in [2.45, 2.75) is 38.1 Å². The second-order valence-corrected chi connectivity index (χ2v) is 7.11. The molecule has 2 N–H and O–H groups in total. The van der Waals surface area contributed by atoms with Gasteiger partial charge in [0, 0.05) is 6.04 Å². The van der Waals surface area contributed by atoms with Crippen LogP contribution in [0.15, 0.2) is 84.9 Å². The van der Waals surface area contributed by atoms with Gasteiger partial charge in [0.1, 0.15) is 0 Å². The lowest BCUT2D eigenvalue weighted by Crippen LogP contribution is -2.45. The predicted molar refractivity (Wildman–Crippen MR) is 107 cm³/mol. The summed E-state index contributed by atoms with van der Waals surface area (Å²) in [7, 11) is 0. The fourth-order valence-corrected chi connectivity index (χ4v) is 3.83. The van der Waals surface area contributed by atoms with Crippen molar-refractivity contribution in [2.24, 2.45) is 5.73 Å². The van der Waals surface area contributed by atoms with E-state index in [1.54, 1.807) is 0 Å². The molecule has 0 fully saturated rings. The van der Waals surface area contributed by atoms with Crippen LogP contribution in [0.2, 0.25) is 0 Å². The summed E-state index contributed by atoms with van der Waals surface area (Å²) in [6.45, 7) is 6.58. The van der Waals surface area contributed by atoms with Gasteiger partial charge in [0.2, 0.25) is 0 Å². The van der Waals surface area contributed by atoms with Crippen LogP contribution in [0.1, 0.15) is 48.9 Å². The van der Waals surface area contributed by atoms with Gasteiger partial charge in [-0.05, 0) is 35.1 Å². The SMILES string of the molecule is CC(C)c1cccc(C(c2ccccc2)(c2ccccc2)C(C)N)c1. The number of hydrogen-bond acceptors (Lipinski definition) is 1. The van der Waals surface area contributed by atoms with E-state index >= 15 is 0 Å². The Hall–Kier alpha value is -2.38. The van der Waals surface area contributed by atoms with Gasteiger partial charge >= 0.3 is 0 Å². The molecule has 0 aliphatic rings. The van der Waals surface area contributed by atoms with E-state index in [1.807, 2.05) is 0 Å². The van der Waals surface area contributed by atoms with Crippen molar-refractivity contribution in [2.75, 3.05) is 0 Å². The second kappa shape index (κ2) is 7.25. The van der Waals surface area contributed by atoms with Gasteiger partial charge < -0.3 is 5.73 Å². The minimum atomic E-state index is -0.368. The maximum atomic E-state index is 6.69. The molecule has 3 aromatic carbocycles. The molecular weight excluding hydrogens is 302 g/mol. The standard InChI is InChI=1S/C24H27N/c1-18(2)20-11-10-16-23(17-20)24(19(3)25,21-12-6-4-7-13-21)22-14-8-5-9-15-22/h4-19H,25H2,1-3H3. The molecule has 0 aliphatic heterocycles. The molecule has 1 nitrogen and oxygen atoms in total. The van der Waals surface area contributed by atoms with E-state index in [4.69, 9.17) is 5.73 Å². The summed E-state index contributed by atoms with van der Waals surface area (Å²) in [5.74, 6) is 0.484. The van der Waals surface area contributed by atoms with Crippen molar-refractivity contribution in [3.8, 4) is 0 Å². The van der Waals surface area contributed by atoms with Gasteiger partial charge in [0.15, 0.2) is 0 Å². The molecule has 1 heteroatoms. The quantitative estimate of drug-likeness (QED) is 0.615. The summed E-state index contributed by atoms with van der Waals surface area (Å²) >= 11 is 0. The Bertz CT molecular complexity index is 764. The van der Waals surface area contributed by atoms with E-state index in [1.165, 1.54) is 22.3 Å². The van der Waals surface area contributed by atoms with Crippen LogP contribution in [0.3, 0.4) is 0 Å². The first kappa shape index (κ1) is 17.4. The molecule has 0 heterocycles. The van der Waals surface area contributed by atoms with E-state index in [2.05, 4.69) is 106 Å². The highest BCUT2D eigenvalue weighted by Crippen LogP contribution is 2.42. The third-order valence-electron chi connectivity index (χ3n) is 5.15. The Balaban J connectivity index is 2.34. The van der Waals surface area contributed by atoms with Crippen LogP contribution in [0, 0.1) is 0 Å². The lowest BCUT2D eigenvalue weighted by molar-refractivity contribution is 0.505. The van der Waals surface area contributed by atoms with Gasteiger partial charge in [-0.15, -0.1) is 0 Å². The summed E-state index contributed by atoms with van der Waals surface area (Å²) in [5, 5.41) is 0. The first-order valence-corrected chi connectivity index (χ1v) is 9.04. The highest BCUT2D eigenvalue weighted by atomic mass is 14.7. The Morgan fingerprint density at radius 2 is 1.12 bits per heavy atom. The first-order chi connectivity index (χ1) is 12.1. The van der Waals surface area contributed by atoms with Gasteiger partial charge in [-0.3, -0.25) is 0 Å². The van der Waals surface area contributed by atoms with Gasteiger partial charge in [-0.1, -0.05) is 98.8 Å². The Morgan fingerprint density at radius 1 is 0.640 bits per heavy atom. The molecule has 0 aromatic heterocycles. The van der Waals surface area contributed by atoms with E-state index in [-0.39, 0.29) is 11.5 Å². The van der Waals surface area contributed by atoms with Crippen molar-refractivity contribution < 1.29 is 0 Å². The zero-order valence-electron chi connectivity index (χ0n) is 15.3. The van der Waals surface area contributed by atoms with Crippen molar-refractivity contribution in [1.29, 1.82) is 0 Å². The van der Waals surface area contributed by atoms with E-state index in [0.29, 0.717) is 5.92 Å². The molecule has 128 valence electrons. The molecular formula is C24H27N. The molecule has 3 aromatic rings. The molecule has 1 unspecified atom stereocenters. The minimum Gasteiger partial charge on any atom is -0.327 e. The van der Waals surface area contributed by atoms with E-state index in [0.717, 1.165) is 0 Å². The van der Waals surface area contributed by atoms with Gasteiger partial charge in [0.05, 0.1) is 5.41 Å². The Morgan fingerprint density at radius 3 is 1.56 bits per heavy atom. The van der Waals surface area contributed by atoms with E-state index < -0.39 is 0 Å². The number of nitrogens with two attached hydrogens (primary N) is 1. The zero-order chi connectivity index (χ0) is 17.9. The van der Waals surface area contributed by atoms with Crippen molar-refractivity contribution in [3.63, 3.8) is 0 Å². The van der Waals surface area contributed by atoms with Crippen molar-refractivity contribution in [3.05, 3.63) is 107 Å². The van der Waals surface area contributed by atoms with Crippen LogP contribution in [0.25, 0.3) is 0 Å².